The largest absolute Gasteiger partial charge is 0.353 e. The van der Waals surface area contributed by atoms with Gasteiger partial charge in [-0.3, -0.25) is 9.59 Å². The zero-order valence-electron chi connectivity index (χ0n) is 10.5. The van der Waals surface area contributed by atoms with Gasteiger partial charge in [0.05, 0.1) is 5.69 Å². The van der Waals surface area contributed by atoms with E-state index < -0.39 is 0 Å². The maximum atomic E-state index is 11.7. The molecule has 0 aliphatic carbocycles. The first-order chi connectivity index (χ1) is 8.52. The lowest BCUT2D eigenvalue weighted by atomic mass is 10.2. The van der Waals surface area contributed by atoms with E-state index in [4.69, 9.17) is 0 Å². The molecule has 0 saturated heterocycles. The highest BCUT2D eigenvalue weighted by atomic mass is 79.9. The van der Waals surface area contributed by atoms with Crippen molar-refractivity contribution in [3.05, 3.63) is 28.7 Å². The number of rotatable bonds is 5. The number of amides is 2. The normalized spacial score (nSPS) is 11.7. The Kier molecular flexibility index (Phi) is 5.85. The number of hydrogen-bond donors (Lipinski definition) is 2. The fourth-order valence-corrected chi connectivity index (χ4v) is 1.71. The minimum atomic E-state index is -0.317. The van der Waals surface area contributed by atoms with Gasteiger partial charge in [0.15, 0.2) is 0 Å². The summed E-state index contributed by atoms with van der Waals surface area (Å²) in [6, 6.07) is 7.37. The van der Waals surface area contributed by atoms with E-state index in [1.54, 1.807) is 6.07 Å². The molecule has 1 aromatic rings. The number of carbonyl (C=O) groups excluding carboxylic acids is 2. The number of anilines is 1. The first-order valence-electron chi connectivity index (χ1n) is 5.86. The van der Waals surface area contributed by atoms with Gasteiger partial charge in [0.25, 0.3) is 0 Å². The van der Waals surface area contributed by atoms with Crippen LogP contribution in [0.3, 0.4) is 0 Å². The van der Waals surface area contributed by atoms with Crippen molar-refractivity contribution in [1.82, 2.24) is 5.32 Å². The van der Waals surface area contributed by atoms with E-state index in [2.05, 4.69) is 26.6 Å². The first-order valence-corrected chi connectivity index (χ1v) is 6.66. The molecule has 18 heavy (non-hydrogen) atoms. The Hall–Kier alpha value is -1.36. The Morgan fingerprint density at radius 3 is 2.56 bits per heavy atom. The monoisotopic (exact) mass is 312 g/mol. The topological polar surface area (TPSA) is 58.2 Å². The van der Waals surface area contributed by atoms with E-state index in [-0.39, 0.29) is 24.3 Å². The second-order valence-electron chi connectivity index (χ2n) is 4.08. The van der Waals surface area contributed by atoms with Crippen LogP contribution in [0.15, 0.2) is 28.7 Å². The zero-order chi connectivity index (χ0) is 13.5. The lowest BCUT2D eigenvalue weighted by Gasteiger charge is -2.11. The molecular formula is C13H17BrN2O2. The van der Waals surface area contributed by atoms with E-state index in [0.717, 1.165) is 10.9 Å². The highest BCUT2D eigenvalue weighted by Crippen LogP contribution is 2.21. The third-order valence-corrected chi connectivity index (χ3v) is 3.18. The Bertz CT molecular complexity index is 435. The molecule has 1 aromatic carbocycles. The Morgan fingerprint density at radius 2 is 1.94 bits per heavy atom. The molecule has 1 rings (SSSR count). The van der Waals surface area contributed by atoms with Gasteiger partial charge in [-0.1, -0.05) is 19.1 Å². The standard InChI is InChI=1S/C13H17BrN2O2/c1-3-9(2)15-12(17)8-13(18)16-11-7-5-4-6-10(11)14/h4-7,9H,3,8H2,1-2H3,(H,15,17)(H,16,18). The van der Waals surface area contributed by atoms with Crippen LogP contribution in [0.5, 0.6) is 0 Å². The first kappa shape index (κ1) is 14.7. The van der Waals surface area contributed by atoms with E-state index in [0.29, 0.717) is 5.69 Å². The fourth-order valence-electron chi connectivity index (χ4n) is 1.33. The van der Waals surface area contributed by atoms with Crippen LogP contribution in [0, 0.1) is 0 Å². The quantitative estimate of drug-likeness (QED) is 0.821. The average Bonchev–Trinajstić information content (AvgIpc) is 2.31. The molecule has 0 aliphatic rings. The van der Waals surface area contributed by atoms with Gasteiger partial charge >= 0.3 is 0 Å². The SMILES string of the molecule is CCC(C)NC(=O)CC(=O)Nc1ccccc1Br. The van der Waals surface area contributed by atoms with E-state index in [1.165, 1.54) is 0 Å². The lowest BCUT2D eigenvalue weighted by Crippen LogP contribution is -2.34. The second kappa shape index (κ2) is 7.16. The summed E-state index contributed by atoms with van der Waals surface area (Å²) >= 11 is 3.33. The molecule has 0 aromatic heterocycles. The number of benzene rings is 1. The highest BCUT2D eigenvalue weighted by Gasteiger charge is 2.12. The highest BCUT2D eigenvalue weighted by molar-refractivity contribution is 9.10. The van der Waals surface area contributed by atoms with Gasteiger partial charge < -0.3 is 10.6 Å². The fraction of sp³-hybridized carbons (Fsp3) is 0.385. The number of halogens is 1. The molecule has 0 radical (unpaired) electrons. The smallest absolute Gasteiger partial charge is 0.233 e. The minimum Gasteiger partial charge on any atom is -0.353 e. The van der Waals surface area contributed by atoms with Crippen molar-refractivity contribution in [3.8, 4) is 0 Å². The second-order valence-corrected chi connectivity index (χ2v) is 4.94. The van der Waals surface area contributed by atoms with Crippen molar-refractivity contribution in [1.29, 1.82) is 0 Å². The van der Waals surface area contributed by atoms with Crippen LogP contribution in [0.1, 0.15) is 26.7 Å². The summed E-state index contributed by atoms with van der Waals surface area (Å²) in [5.41, 5.74) is 0.666. The van der Waals surface area contributed by atoms with E-state index >= 15 is 0 Å². The Labute approximate surface area is 115 Å². The van der Waals surface area contributed by atoms with Crippen molar-refractivity contribution in [2.45, 2.75) is 32.7 Å². The molecule has 0 aliphatic heterocycles. The van der Waals surface area contributed by atoms with Crippen molar-refractivity contribution in [2.24, 2.45) is 0 Å². The average molecular weight is 313 g/mol. The van der Waals surface area contributed by atoms with Gasteiger partial charge in [0, 0.05) is 10.5 Å². The van der Waals surface area contributed by atoms with Crippen LogP contribution in [0.2, 0.25) is 0 Å². The van der Waals surface area contributed by atoms with E-state index in [9.17, 15) is 9.59 Å². The Balaban J connectivity index is 2.47. The lowest BCUT2D eigenvalue weighted by molar-refractivity contribution is -0.127. The van der Waals surface area contributed by atoms with Crippen molar-refractivity contribution in [3.63, 3.8) is 0 Å². The number of nitrogens with one attached hydrogen (secondary N) is 2. The van der Waals surface area contributed by atoms with Crippen LogP contribution < -0.4 is 10.6 Å². The third-order valence-electron chi connectivity index (χ3n) is 2.49. The Morgan fingerprint density at radius 1 is 1.28 bits per heavy atom. The summed E-state index contributed by atoms with van der Waals surface area (Å²) in [4.78, 5) is 23.2. The van der Waals surface area contributed by atoms with Crippen LogP contribution in [-0.4, -0.2) is 17.9 Å². The van der Waals surface area contributed by atoms with Crippen LogP contribution >= 0.6 is 15.9 Å². The molecule has 1 unspecified atom stereocenters. The van der Waals surface area contributed by atoms with Crippen LogP contribution in [0.25, 0.3) is 0 Å². The molecule has 2 amide bonds. The van der Waals surface area contributed by atoms with Crippen LogP contribution in [-0.2, 0) is 9.59 Å². The number of hydrogen-bond acceptors (Lipinski definition) is 2. The summed E-state index contributed by atoms with van der Waals surface area (Å²) in [5.74, 6) is -0.573. The summed E-state index contributed by atoms with van der Waals surface area (Å²) < 4.78 is 0.792. The van der Waals surface area contributed by atoms with Crippen LogP contribution in [0.4, 0.5) is 5.69 Å². The molecule has 5 heteroatoms. The van der Waals surface area contributed by atoms with Gasteiger partial charge in [-0.2, -0.15) is 0 Å². The molecule has 0 heterocycles. The van der Waals surface area contributed by atoms with Crippen molar-refractivity contribution >= 4 is 33.4 Å². The number of para-hydroxylation sites is 1. The molecule has 0 saturated carbocycles. The number of carbonyl (C=O) groups is 2. The summed E-state index contributed by atoms with van der Waals surface area (Å²) in [6.07, 6.45) is 0.684. The summed E-state index contributed by atoms with van der Waals surface area (Å²) in [5, 5.41) is 5.44. The third kappa shape index (κ3) is 4.87. The van der Waals surface area contributed by atoms with Gasteiger partial charge in [-0.25, -0.2) is 0 Å². The zero-order valence-corrected chi connectivity index (χ0v) is 12.1. The predicted octanol–water partition coefficient (Wildman–Crippen LogP) is 2.69. The molecule has 0 spiro atoms. The predicted molar refractivity (Wildman–Crippen MR) is 75.3 cm³/mol. The van der Waals surface area contributed by atoms with Gasteiger partial charge in [-0.05, 0) is 41.4 Å². The molecule has 98 valence electrons. The summed E-state index contributed by atoms with van der Waals surface area (Å²) in [7, 11) is 0. The molecule has 2 N–H and O–H groups in total. The maximum Gasteiger partial charge on any atom is 0.233 e. The molecule has 0 fully saturated rings. The van der Waals surface area contributed by atoms with Gasteiger partial charge in [-0.15, -0.1) is 0 Å². The molecular weight excluding hydrogens is 296 g/mol. The van der Waals surface area contributed by atoms with Gasteiger partial charge in [0.2, 0.25) is 11.8 Å². The van der Waals surface area contributed by atoms with E-state index in [1.807, 2.05) is 32.0 Å². The molecule has 4 nitrogen and oxygen atoms in total. The minimum absolute atomic E-state index is 0.0914. The molecule has 1 atom stereocenters. The van der Waals surface area contributed by atoms with Crippen molar-refractivity contribution < 1.29 is 9.59 Å². The van der Waals surface area contributed by atoms with Crippen molar-refractivity contribution in [2.75, 3.05) is 5.32 Å². The maximum absolute atomic E-state index is 11.7. The molecule has 0 bridgehead atoms. The summed E-state index contributed by atoms with van der Waals surface area (Å²) in [6.45, 7) is 3.88. The van der Waals surface area contributed by atoms with Gasteiger partial charge in [0.1, 0.15) is 6.42 Å².